The second-order valence-electron chi connectivity index (χ2n) is 4.96. The highest BCUT2D eigenvalue weighted by Gasteiger charge is 2.30. The van der Waals surface area contributed by atoms with Crippen LogP contribution in [0.1, 0.15) is 12.5 Å². The summed E-state index contributed by atoms with van der Waals surface area (Å²) in [5.41, 5.74) is 0.425. The molecule has 4 nitrogen and oxygen atoms in total. The first-order chi connectivity index (χ1) is 11.5. The van der Waals surface area contributed by atoms with Crippen LogP contribution in [0.3, 0.4) is 0 Å². The molecule has 0 radical (unpaired) electrons. The Morgan fingerprint density at radius 3 is 2.17 bits per heavy atom. The second kappa shape index (κ2) is 6.35. The molecule has 0 bridgehead atoms. The molecule has 0 spiro atoms. The average Bonchev–Trinajstić information content (AvgIpc) is 3.05. The van der Waals surface area contributed by atoms with Crippen molar-refractivity contribution in [3.8, 4) is 28.6 Å². The van der Waals surface area contributed by atoms with Crippen LogP contribution in [0.2, 0.25) is 0 Å². The van der Waals surface area contributed by atoms with Crippen LogP contribution in [0.25, 0.3) is 22.8 Å². The lowest BCUT2D eigenvalue weighted by Crippen LogP contribution is -2.04. The first kappa shape index (κ1) is 16.0. The zero-order valence-electron chi connectivity index (χ0n) is 12.7. The molecule has 1 aromatic heterocycles. The number of benzene rings is 2. The smallest absolute Gasteiger partial charge is 0.416 e. The Kier molecular flexibility index (Phi) is 4.24. The van der Waals surface area contributed by atoms with Crippen LogP contribution in [-0.4, -0.2) is 16.7 Å². The molecule has 24 heavy (non-hydrogen) atoms. The number of nitrogens with zero attached hydrogens (tertiary/aromatic N) is 2. The van der Waals surface area contributed by atoms with Gasteiger partial charge in [0.25, 0.3) is 5.89 Å². The van der Waals surface area contributed by atoms with E-state index in [4.69, 9.17) is 9.26 Å². The third-order valence-corrected chi connectivity index (χ3v) is 3.31. The molecule has 3 aromatic rings. The van der Waals surface area contributed by atoms with Gasteiger partial charge in [0, 0.05) is 11.1 Å². The average molecular weight is 334 g/mol. The van der Waals surface area contributed by atoms with E-state index in [-0.39, 0.29) is 11.7 Å². The standard InChI is InChI=1S/C17H13F3N2O2/c1-2-23-14-9-5-12(6-10-14)16-21-15(22-24-16)11-3-7-13(8-4-11)17(18,19)20/h3-10H,2H2,1H3. The number of rotatable bonds is 4. The first-order valence-corrected chi connectivity index (χ1v) is 7.22. The maximum atomic E-state index is 12.6. The quantitative estimate of drug-likeness (QED) is 0.686. The molecule has 0 saturated carbocycles. The molecule has 0 aliphatic heterocycles. The van der Waals surface area contributed by atoms with E-state index >= 15 is 0 Å². The predicted octanol–water partition coefficient (Wildman–Crippen LogP) is 4.82. The Morgan fingerprint density at radius 1 is 0.958 bits per heavy atom. The number of aromatic nitrogens is 2. The second-order valence-corrected chi connectivity index (χ2v) is 4.96. The molecular formula is C17H13F3N2O2. The molecule has 0 amide bonds. The van der Waals surface area contributed by atoms with Crippen LogP contribution < -0.4 is 4.74 Å². The summed E-state index contributed by atoms with van der Waals surface area (Å²) in [5, 5.41) is 3.81. The van der Waals surface area contributed by atoms with Gasteiger partial charge in [0.1, 0.15) is 5.75 Å². The van der Waals surface area contributed by atoms with Crippen molar-refractivity contribution >= 4 is 0 Å². The lowest BCUT2D eigenvalue weighted by Gasteiger charge is -2.05. The summed E-state index contributed by atoms with van der Waals surface area (Å²) in [6.07, 6.45) is -4.37. The third kappa shape index (κ3) is 3.40. The molecule has 0 N–H and O–H groups in total. The minimum absolute atomic E-state index is 0.229. The molecule has 7 heteroatoms. The summed E-state index contributed by atoms with van der Waals surface area (Å²) in [4.78, 5) is 4.22. The van der Waals surface area contributed by atoms with E-state index in [2.05, 4.69) is 10.1 Å². The molecular weight excluding hydrogens is 321 g/mol. The van der Waals surface area contributed by atoms with Gasteiger partial charge in [0.15, 0.2) is 0 Å². The molecule has 0 aliphatic carbocycles. The van der Waals surface area contributed by atoms with Gasteiger partial charge in [-0.2, -0.15) is 18.2 Å². The molecule has 2 aromatic carbocycles. The van der Waals surface area contributed by atoms with Gasteiger partial charge in [-0.3, -0.25) is 0 Å². The summed E-state index contributed by atoms with van der Waals surface area (Å²) in [6, 6.07) is 11.7. The number of halogens is 3. The van der Waals surface area contributed by atoms with Crippen molar-refractivity contribution in [1.29, 1.82) is 0 Å². The summed E-state index contributed by atoms with van der Waals surface area (Å²) in [7, 11) is 0. The molecule has 124 valence electrons. The highest BCUT2D eigenvalue weighted by atomic mass is 19.4. The Labute approximate surface area is 135 Å². The van der Waals surface area contributed by atoms with Crippen molar-refractivity contribution in [3.05, 3.63) is 54.1 Å². The van der Waals surface area contributed by atoms with Gasteiger partial charge in [0.2, 0.25) is 5.82 Å². The van der Waals surface area contributed by atoms with E-state index in [9.17, 15) is 13.2 Å². The van der Waals surface area contributed by atoms with Crippen LogP contribution in [0, 0.1) is 0 Å². The van der Waals surface area contributed by atoms with Crippen LogP contribution in [0.5, 0.6) is 5.75 Å². The summed E-state index contributed by atoms with van der Waals surface area (Å²) >= 11 is 0. The maximum Gasteiger partial charge on any atom is 0.416 e. The van der Waals surface area contributed by atoms with Crippen LogP contribution in [-0.2, 0) is 6.18 Å². The zero-order chi connectivity index (χ0) is 17.2. The predicted molar refractivity (Wildman–Crippen MR) is 81.3 cm³/mol. The Balaban J connectivity index is 1.82. The van der Waals surface area contributed by atoms with Crippen LogP contribution in [0.4, 0.5) is 13.2 Å². The molecule has 0 unspecified atom stereocenters. The molecule has 0 saturated heterocycles. The van der Waals surface area contributed by atoms with E-state index in [1.165, 1.54) is 12.1 Å². The largest absolute Gasteiger partial charge is 0.494 e. The maximum absolute atomic E-state index is 12.6. The molecule has 0 aliphatic rings. The number of hydrogen-bond donors (Lipinski definition) is 0. The van der Waals surface area contributed by atoms with Crippen molar-refractivity contribution in [3.63, 3.8) is 0 Å². The Hall–Kier alpha value is -2.83. The Bertz CT molecular complexity index is 809. The lowest BCUT2D eigenvalue weighted by atomic mass is 10.1. The van der Waals surface area contributed by atoms with E-state index in [0.29, 0.717) is 17.7 Å². The summed E-state index contributed by atoms with van der Waals surface area (Å²) in [6.45, 7) is 2.46. The third-order valence-electron chi connectivity index (χ3n) is 3.31. The van der Waals surface area contributed by atoms with Gasteiger partial charge < -0.3 is 9.26 Å². The van der Waals surface area contributed by atoms with Gasteiger partial charge in [-0.1, -0.05) is 17.3 Å². The van der Waals surface area contributed by atoms with Crippen molar-refractivity contribution in [2.24, 2.45) is 0 Å². The number of alkyl halides is 3. The van der Waals surface area contributed by atoms with Crippen molar-refractivity contribution in [2.75, 3.05) is 6.61 Å². The molecule has 0 fully saturated rings. The fraction of sp³-hybridized carbons (Fsp3) is 0.176. The van der Waals surface area contributed by atoms with Gasteiger partial charge in [-0.25, -0.2) is 0 Å². The highest BCUT2D eigenvalue weighted by molar-refractivity contribution is 5.60. The Morgan fingerprint density at radius 2 is 1.58 bits per heavy atom. The first-order valence-electron chi connectivity index (χ1n) is 7.22. The zero-order valence-corrected chi connectivity index (χ0v) is 12.7. The molecule has 1 heterocycles. The van der Waals surface area contributed by atoms with Crippen LogP contribution in [0.15, 0.2) is 53.1 Å². The van der Waals surface area contributed by atoms with Gasteiger partial charge in [-0.15, -0.1) is 0 Å². The summed E-state index contributed by atoms with van der Waals surface area (Å²) in [5.74, 6) is 1.24. The fourth-order valence-corrected chi connectivity index (χ4v) is 2.13. The summed E-state index contributed by atoms with van der Waals surface area (Å²) < 4.78 is 48.3. The van der Waals surface area contributed by atoms with Gasteiger partial charge in [0.05, 0.1) is 12.2 Å². The topological polar surface area (TPSA) is 48.2 Å². The van der Waals surface area contributed by atoms with Crippen LogP contribution >= 0.6 is 0 Å². The highest BCUT2D eigenvalue weighted by Crippen LogP contribution is 2.31. The minimum Gasteiger partial charge on any atom is -0.494 e. The van der Waals surface area contributed by atoms with Crippen molar-refractivity contribution in [1.82, 2.24) is 10.1 Å². The number of ether oxygens (including phenoxy) is 1. The SMILES string of the molecule is CCOc1ccc(-c2nc(-c3ccc(C(F)(F)F)cc3)no2)cc1. The van der Waals surface area contributed by atoms with E-state index < -0.39 is 11.7 Å². The monoisotopic (exact) mass is 334 g/mol. The van der Waals surface area contributed by atoms with E-state index in [1.807, 2.05) is 6.92 Å². The molecule has 3 rings (SSSR count). The van der Waals surface area contributed by atoms with E-state index in [0.717, 1.165) is 17.9 Å². The van der Waals surface area contributed by atoms with Gasteiger partial charge in [-0.05, 0) is 43.3 Å². The lowest BCUT2D eigenvalue weighted by molar-refractivity contribution is -0.137. The normalized spacial score (nSPS) is 11.5. The number of hydrogen-bond acceptors (Lipinski definition) is 4. The van der Waals surface area contributed by atoms with Crippen molar-refractivity contribution in [2.45, 2.75) is 13.1 Å². The van der Waals surface area contributed by atoms with Gasteiger partial charge >= 0.3 is 6.18 Å². The molecule has 0 atom stereocenters. The minimum atomic E-state index is -4.37. The van der Waals surface area contributed by atoms with E-state index in [1.54, 1.807) is 24.3 Å². The van der Waals surface area contributed by atoms with Crippen molar-refractivity contribution < 1.29 is 22.4 Å². The fourth-order valence-electron chi connectivity index (χ4n) is 2.13.